The Kier molecular flexibility index (Phi) is 5.67. The SMILES string of the molecule is COc1ccccc1CCc1nnc(CCc2ccccc2OC)o1. The Labute approximate surface area is 147 Å². The summed E-state index contributed by atoms with van der Waals surface area (Å²) < 4.78 is 16.5. The summed E-state index contributed by atoms with van der Waals surface area (Å²) in [6, 6.07) is 16.0. The van der Waals surface area contributed by atoms with E-state index < -0.39 is 0 Å². The number of aromatic nitrogens is 2. The molecule has 0 spiro atoms. The number of hydrogen-bond donors (Lipinski definition) is 0. The predicted molar refractivity (Wildman–Crippen MR) is 95.1 cm³/mol. The fraction of sp³-hybridized carbons (Fsp3) is 0.300. The van der Waals surface area contributed by atoms with Crippen molar-refractivity contribution >= 4 is 0 Å². The third-order valence-corrected chi connectivity index (χ3v) is 4.11. The molecule has 3 rings (SSSR count). The molecule has 0 fully saturated rings. The fourth-order valence-corrected chi connectivity index (χ4v) is 2.79. The Morgan fingerprint density at radius 1 is 0.680 bits per heavy atom. The van der Waals surface area contributed by atoms with Gasteiger partial charge in [-0.05, 0) is 36.1 Å². The molecule has 0 atom stereocenters. The van der Waals surface area contributed by atoms with Gasteiger partial charge in [0.05, 0.1) is 14.2 Å². The maximum atomic E-state index is 5.77. The van der Waals surface area contributed by atoms with E-state index in [2.05, 4.69) is 22.3 Å². The summed E-state index contributed by atoms with van der Waals surface area (Å²) in [5.74, 6) is 3.08. The molecule has 0 radical (unpaired) electrons. The highest BCUT2D eigenvalue weighted by atomic mass is 16.5. The van der Waals surface area contributed by atoms with Gasteiger partial charge in [-0.1, -0.05) is 36.4 Å². The predicted octanol–water partition coefficient (Wildman–Crippen LogP) is 3.66. The van der Waals surface area contributed by atoms with E-state index in [0.717, 1.165) is 35.5 Å². The van der Waals surface area contributed by atoms with Crippen LogP contribution in [-0.2, 0) is 25.7 Å². The van der Waals surface area contributed by atoms with Crippen LogP contribution in [0, 0.1) is 0 Å². The van der Waals surface area contributed by atoms with Gasteiger partial charge >= 0.3 is 0 Å². The van der Waals surface area contributed by atoms with E-state index >= 15 is 0 Å². The highest BCUT2D eigenvalue weighted by Gasteiger charge is 2.10. The van der Waals surface area contributed by atoms with Crippen LogP contribution >= 0.6 is 0 Å². The number of methoxy groups -OCH3 is 2. The quantitative estimate of drug-likeness (QED) is 0.627. The average Bonchev–Trinajstić information content (AvgIpc) is 3.13. The lowest BCUT2D eigenvalue weighted by Gasteiger charge is -2.06. The number of hydrogen-bond acceptors (Lipinski definition) is 5. The normalized spacial score (nSPS) is 10.6. The third-order valence-electron chi connectivity index (χ3n) is 4.11. The summed E-state index contributed by atoms with van der Waals surface area (Å²) in [7, 11) is 3.36. The molecule has 25 heavy (non-hydrogen) atoms. The Balaban J connectivity index is 1.57. The zero-order valence-electron chi connectivity index (χ0n) is 14.6. The van der Waals surface area contributed by atoms with Crippen molar-refractivity contribution in [3.05, 3.63) is 71.4 Å². The van der Waals surface area contributed by atoms with Gasteiger partial charge in [-0.25, -0.2) is 0 Å². The zero-order valence-corrected chi connectivity index (χ0v) is 14.6. The molecule has 2 aromatic carbocycles. The first kappa shape index (κ1) is 17.0. The minimum absolute atomic E-state index is 0.654. The molecule has 5 nitrogen and oxygen atoms in total. The fourth-order valence-electron chi connectivity index (χ4n) is 2.79. The number of para-hydroxylation sites is 2. The molecule has 0 saturated carbocycles. The summed E-state index contributed by atoms with van der Waals surface area (Å²) in [6.45, 7) is 0. The van der Waals surface area contributed by atoms with Crippen LogP contribution in [0.25, 0.3) is 0 Å². The molecular weight excluding hydrogens is 316 g/mol. The molecule has 1 aromatic heterocycles. The molecule has 0 amide bonds. The van der Waals surface area contributed by atoms with Crippen LogP contribution in [-0.4, -0.2) is 24.4 Å². The van der Waals surface area contributed by atoms with Crippen LogP contribution in [0.15, 0.2) is 52.9 Å². The lowest BCUT2D eigenvalue weighted by molar-refractivity contribution is 0.405. The molecule has 0 aliphatic heterocycles. The number of benzene rings is 2. The van der Waals surface area contributed by atoms with E-state index in [0.29, 0.717) is 24.6 Å². The standard InChI is InChI=1S/C20H22N2O3/c1-23-17-9-5-3-7-15(17)11-13-19-21-22-20(25-19)14-12-16-8-4-6-10-18(16)24-2/h3-10H,11-14H2,1-2H3. The lowest BCUT2D eigenvalue weighted by atomic mass is 10.1. The van der Waals surface area contributed by atoms with Gasteiger partial charge in [-0.15, -0.1) is 10.2 Å². The van der Waals surface area contributed by atoms with Gasteiger partial charge in [0, 0.05) is 12.8 Å². The lowest BCUT2D eigenvalue weighted by Crippen LogP contribution is -1.95. The van der Waals surface area contributed by atoms with Crippen molar-refractivity contribution in [1.82, 2.24) is 10.2 Å². The van der Waals surface area contributed by atoms with Crippen molar-refractivity contribution in [2.75, 3.05) is 14.2 Å². The average molecular weight is 338 g/mol. The Bertz CT molecular complexity index is 748. The minimum atomic E-state index is 0.654. The molecule has 3 aromatic rings. The van der Waals surface area contributed by atoms with Gasteiger partial charge in [0.2, 0.25) is 11.8 Å². The second-order valence-electron chi connectivity index (χ2n) is 5.71. The number of ether oxygens (including phenoxy) is 2. The van der Waals surface area contributed by atoms with Crippen molar-refractivity contribution in [2.24, 2.45) is 0 Å². The molecule has 0 unspecified atom stereocenters. The largest absolute Gasteiger partial charge is 0.496 e. The maximum Gasteiger partial charge on any atom is 0.216 e. The first-order chi connectivity index (χ1) is 12.3. The number of nitrogens with zero attached hydrogens (tertiary/aromatic N) is 2. The first-order valence-electron chi connectivity index (χ1n) is 8.35. The van der Waals surface area contributed by atoms with Crippen LogP contribution in [0.3, 0.4) is 0 Å². The van der Waals surface area contributed by atoms with E-state index in [4.69, 9.17) is 13.9 Å². The monoisotopic (exact) mass is 338 g/mol. The van der Waals surface area contributed by atoms with Crippen molar-refractivity contribution in [3.63, 3.8) is 0 Å². The first-order valence-corrected chi connectivity index (χ1v) is 8.35. The summed E-state index contributed by atoms with van der Waals surface area (Å²) in [5.41, 5.74) is 2.28. The molecule has 130 valence electrons. The molecule has 0 N–H and O–H groups in total. The van der Waals surface area contributed by atoms with Crippen molar-refractivity contribution in [3.8, 4) is 11.5 Å². The molecule has 5 heteroatoms. The summed E-state index contributed by atoms with van der Waals surface area (Å²) in [6.07, 6.45) is 3.00. The van der Waals surface area contributed by atoms with E-state index in [1.165, 1.54) is 0 Å². The van der Waals surface area contributed by atoms with Gasteiger partial charge in [-0.3, -0.25) is 0 Å². The molecular formula is C20H22N2O3. The van der Waals surface area contributed by atoms with Crippen LogP contribution in [0.2, 0.25) is 0 Å². The molecule has 0 bridgehead atoms. The molecule has 0 aliphatic rings. The third kappa shape index (κ3) is 4.38. The van der Waals surface area contributed by atoms with Crippen molar-refractivity contribution < 1.29 is 13.9 Å². The van der Waals surface area contributed by atoms with Crippen LogP contribution in [0.1, 0.15) is 22.9 Å². The van der Waals surface area contributed by atoms with Crippen molar-refractivity contribution in [1.29, 1.82) is 0 Å². The summed E-state index contributed by atoms with van der Waals surface area (Å²) in [4.78, 5) is 0. The Morgan fingerprint density at radius 2 is 1.12 bits per heavy atom. The minimum Gasteiger partial charge on any atom is -0.496 e. The van der Waals surface area contributed by atoms with Gasteiger partial charge in [0.1, 0.15) is 11.5 Å². The Morgan fingerprint density at radius 3 is 1.56 bits per heavy atom. The molecule has 0 saturated heterocycles. The number of aryl methyl sites for hydroxylation is 4. The Hall–Kier alpha value is -2.82. The second kappa shape index (κ2) is 8.33. The van der Waals surface area contributed by atoms with Gasteiger partial charge in [0.15, 0.2) is 0 Å². The van der Waals surface area contributed by atoms with E-state index in [-0.39, 0.29) is 0 Å². The van der Waals surface area contributed by atoms with Gasteiger partial charge in [-0.2, -0.15) is 0 Å². The second-order valence-corrected chi connectivity index (χ2v) is 5.71. The van der Waals surface area contributed by atoms with E-state index in [1.807, 2.05) is 36.4 Å². The van der Waals surface area contributed by atoms with Gasteiger partial charge in [0.25, 0.3) is 0 Å². The molecule has 0 aliphatic carbocycles. The summed E-state index contributed by atoms with van der Waals surface area (Å²) in [5, 5.41) is 8.31. The van der Waals surface area contributed by atoms with Crippen molar-refractivity contribution in [2.45, 2.75) is 25.7 Å². The number of rotatable bonds is 8. The highest BCUT2D eigenvalue weighted by Crippen LogP contribution is 2.21. The van der Waals surface area contributed by atoms with Crippen LogP contribution in [0.4, 0.5) is 0 Å². The van der Waals surface area contributed by atoms with E-state index in [1.54, 1.807) is 14.2 Å². The highest BCUT2D eigenvalue weighted by molar-refractivity contribution is 5.34. The molecule has 1 heterocycles. The van der Waals surface area contributed by atoms with Crippen LogP contribution < -0.4 is 9.47 Å². The smallest absolute Gasteiger partial charge is 0.216 e. The summed E-state index contributed by atoms with van der Waals surface area (Å²) >= 11 is 0. The van der Waals surface area contributed by atoms with E-state index in [9.17, 15) is 0 Å². The maximum absolute atomic E-state index is 5.77. The van der Waals surface area contributed by atoms with Crippen LogP contribution in [0.5, 0.6) is 11.5 Å². The topological polar surface area (TPSA) is 57.4 Å². The zero-order chi connectivity index (χ0) is 17.5. The van der Waals surface area contributed by atoms with Gasteiger partial charge < -0.3 is 13.9 Å².